The normalized spacial score (nSPS) is 12.4. The summed E-state index contributed by atoms with van der Waals surface area (Å²) in [5.74, 6) is 0. The van der Waals surface area contributed by atoms with E-state index < -0.39 is 35.7 Å². The van der Waals surface area contributed by atoms with Crippen LogP contribution in [0.2, 0.25) is 0 Å². The largest absolute Gasteiger partial charge is 0.296 e. The molecule has 10 heteroatoms. The molecule has 0 spiro atoms. The summed E-state index contributed by atoms with van der Waals surface area (Å²) in [7, 11) is -9.25. The van der Waals surface area contributed by atoms with E-state index in [1.54, 1.807) is 0 Å². The van der Waals surface area contributed by atoms with E-state index in [1.165, 1.54) is 0 Å². The van der Waals surface area contributed by atoms with Crippen molar-refractivity contribution in [3.63, 3.8) is 0 Å². The quantitative estimate of drug-likeness (QED) is 0.603. The molecule has 16 heavy (non-hydrogen) atoms. The van der Waals surface area contributed by atoms with Gasteiger partial charge in [-0.15, -0.1) is 4.91 Å². The summed E-state index contributed by atoms with van der Waals surface area (Å²) >= 11 is 0. The Morgan fingerprint density at radius 3 is 1.94 bits per heavy atom. The number of hydrogen-bond acceptors (Lipinski definition) is 6. The van der Waals surface area contributed by atoms with Crippen molar-refractivity contribution in [2.45, 2.75) is 9.79 Å². The molecule has 0 radical (unpaired) electrons. The van der Waals surface area contributed by atoms with Gasteiger partial charge in [-0.1, -0.05) is 0 Å². The average molecular weight is 267 g/mol. The maximum atomic E-state index is 10.7. The van der Waals surface area contributed by atoms with E-state index in [0.29, 0.717) is 18.2 Å². The number of hydrogen-bond donors (Lipinski definition) is 2. The standard InChI is InChI=1S/C6H5NO7S2/c8-7-5-3-4(15(9,10)11)1-2-6(5)16(12,13)14/h1-3H,(H,9,10,11)(H,12,13,14). The summed E-state index contributed by atoms with van der Waals surface area (Å²) in [5.41, 5.74) is -0.808. The maximum absolute atomic E-state index is 10.7. The first-order valence-electron chi connectivity index (χ1n) is 3.58. The van der Waals surface area contributed by atoms with Crippen LogP contribution in [0.15, 0.2) is 33.2 Å². The molecule has 0 aliphatic heterocycles. The van der Waals surface area contributed by atoms with Gasteiger partial charge in [-0.3, -0.25) is 9.11 Å². The molecule has 8 nitrogen and oxygen atoms in total. The van der Waals surface area contributed by atoms with E-state index in [-0.39, 0.29) is 0 Å². The molecule has 0 bridgehead atoms. The van der Waals surface area contributed by atoms with Crippen LogP contribution >= 0.6 is 0 Å². The van der Waals surface area contributed by atoms with Gasteiger partial charge in [0.2, 0.25) is 0 Å². The SMILES string of the molecule is O=Nc1cc(S(=O)(=O)O)ccc1S(=O)(=O)O. The van der Waals surface area contributed by atoms with Gasteiger partial charge in [0.1, 0.15) is 10.6 Å². The number of nitrogens with zero attached hydrogens (tertiary/aromatic N) is 1. The van der Waals surface area contributed by atoms with Crippen LogP contribution in [0.4, 0.5) is 5.69 Å². The average Bonchev–Trinajstić information content (AvgIpc) is 2.14. The summed E-state index contributed by atoms with van der Waals surface area (Å²) < 4.78 is 60.0. The highest BCUT2D eigenvalue weighted by atomic mass is 32.2. The Morgan fingerprint density at radius 1 is 1.00 bits per heavy atom. The molecule has 0 saturated carbocycles. The number of nitroso groups, excluding NO2 is 1. The Kier molecular flexibility index (Phi) is 3.10. The van der Waals surface area contributed by atoms with Crippen LogP contribution in [0.5, 0.6) is 0 Å². The lowest BCUT2D eigenvalue weighted by Crippen LogP contribution is -2.02. The first-order valence-corrected chi connectivity index (χ1v) is 6.46. The van der Waals surface area contributed by atoms with Gasteiger partial charge in [-0.25, -0.2) is 0 Å². The predicted octanol–water partition coefficient (Wildman–Crippen LogP) is 0.578. The van der Waals surface area contributed by atoms with Crippen molar-refractivity contribution in [3.8, 4) is 0 Å². The van der Waals surface area contributed by atoms with Gasteiger partial charge in [0.25, 0.3) is 20.2 Å². The van der Waals surface area contributed by atoms with Gasteiger partial charge in [-0.05, 0) is 23.4 Å². The molecule has 0 amide bonds. The number of rotatable bonds is 3. The molecule has 0 aliphatic rings. The summed E-state index contributed by atoms with van der Waals surface area (Å²) in [6.45, 7) is 0. The Hall–Kier alpha value is -1.36. The molecule has 88 valence electrons. The summed E-state index contributed by atoms with van der Waals surface area (Å²) in [4.78, 5) is 8.71. The third kappa shape index (κ3) is 2.61. The van der Waals surface area contributed by atoms with Crippen LogP contribution in [-0.4, -0.2) is 25.9 Å². The van der Waals surface area contributed by atoms with Crippen LogP contribution in [0.1, 0.15) is 0 Å². The van der Waals surface area contributed by atoms with Gasteiger partial charge in [0.15, 0.2) is 0 Å². The van der Waals surface area contributed by atoms with E-state index in [4.69, 9.17) is 9.11 Å². The molecule has 0 aliphatic carbocycles. The third-order valence-corrected chi connectivity index (χ3v) is 3.36. The maximum Gasteiger partial charge on any atom is 0.296 e. The van der Waals surface area contributed by atoms with Crippen molar-refractivity contribution in [2.75, 3.05) is 0 Å². The molecule has 0 fully saturated rings. The molecule has 1 rings (SSSR count). The summed E-state index contributed by atoms with van der Waals surface area (Å²) in [6.07, 6.45) is 0. The first-order chi connectivity index (χ1) is 7.16. The Morgan fingerprint density at radius 2 is 1.56 bits per heavy atom. The molecule has 0 aromatic heterocycles. The third-order valence-electron chi connectivity index (χ3n) is 1.60. The van der Waals surface area contributed by atoms with Gasteiger partial charge < -0.3 is 0 Å². The fraction of sp³-hybridized carbons (Fsp3) is 0. The van der Waals surface area contributed by atoms with E-state index in [0.717, 1.165) is 0 Å². The van der Waals surface area contributed by atoms with Crippen LogP contribution in [0, 0.1) is 4.91 Å². The smallest absolute Gasteiger partial charge is 0.282 e. The molecule has 2 N–H and O–H groups in total. The molecule has 0 heterocycles. The van der Waals surface area contributed by atoms with Crippen LogP contribution in [0.25, 0.3) is 0 Å². The van der Waals surface area contributed by atoms with Gasteiger partial charge >= 0.3 is 0 Å². The van der Waals surface area contributed by atoms with E-state index in [9.17, 15) is 21.7 Å². The van der Waals surface area contributed by atoms with Crippen molar-refractivity contribution < 1.29 is 25.9 Å². The van der Waals surface area contributed by atoms with Crippen LogP contribution in [-0.2, 0) is 20.2 Å². The molecule has 1 aromatic carbocycles. The molecule has 0 unspecified atom stereocenters. The zero-order valence-corrected chi connectivity index (χ0v) is 9.06. The highest BCUT2D eigenvalue weighted by Gasteiger charge is 2.20. The molecule has 1 aromatic rings. The Labute approximate surface area is 90.4 Å². The topological polar surface area (TPSA) is 138 Å². The van der Waals surface area contributed by atoms with Crippen LogP contribution < -0.4 is 0 Å². The molecular weight excluding hydrogens is 262 g/mol. The lowest BCUT2D eigenvalue weighted by molar-refractivity contribution is 0.478. The fourth-order valence-electron chi connectivity index (χ4n) is 0.947. The summed E-state index contributed by atoms with van der Waals surface area (Å²) in [6, 6.07) is 1.90. The minimum Gasteiger partial charge on any atom is -0.282 e. The van der Waals surface area contributed by atoms with Crippen molar-refractivity contribution in [3.05, 3.63) is 23.1 Å². The van der Waals surface area contributed by atoms with E-state index in [2.05, 4.69) is 5.18 Å². The minimum absolute atomic E-state index is 0.533. The minimum atomic E-state index is -4.68. The summed E-state index contributed by atoms with van der Waals surface area (Å²) in [5, 5.41) is 2.25. The molecule has 0 atom stereocenters. The lowest BCUT2D eigenvalue weighted by atomic mass is 10.3. The van der Waals surface area contributed by atoms with E-state index in [1.807, 2.05) is 0 Å². The second-order valence-electron chi connectivity index (χ2n) is 2.67. The monoisotopic (exact) mass is 267 g/mol. The van der Waals surface area contributed by atoms with Crippen molar-refractivity contribution in [2.24, 2.45) is 5.18 Å². The molecular formula is C6H5NO7S2. The van der Waals surface area contributed by atoms with Crippen LogP contribution in [0.3, 0.4) is 0 Å². The first kappa shape index (κ1) is 12.7. The number of benzene rings is 1. The predicted molar refractivity (Wildman–Crippen MR) is 51.5 cm³/mol. The molecule has 0 saturated heterocycles. The van der Waals surface area contributed by atoms with Crippen molar-refractivity contribution in [1.82, 2.24) is 0 Å². The second-order valence-corrected chi connectivity index (χ2v) is 5.48. The Balaban J connectivity index is 3.58. The van der Waals surface area contributed by atoms with Crippen molar-refractivity contribution >= 4 is 25.9 Å². The fourth-order valence-corrected chi connectivity index (χ4v) is 2.05. The van der Waals surface area contributed by atoms with E-state index >= 15 is 0 Å². The Bertz CT molecular complexity index is 631. The van der Waals surface area contributed by atoms with Crippen molar-refractivity contribution in [1.29, 1.82) is 0 Å². The highest BCUT2D eigenvalue weighted by Crippen LogP contribution is 2.26. The van der Waals surface area contributed by atoms with Gasteiger partial charge in [-0.2, -0.15) is 16.8 Å². The zero-order valence-electron chi connectivity index (χ0n) is 7.43. The lowest BCUT2D eigenvalue weighted by Gasteiger charge is -2.01. The zero-order chi connectivity index (χ0) is 12.6. The van der Waals surface area contributed by atoms with Gasteiger partial charge in [0.05, 0.1) is 4.90 Å². The second kappa shape index (κ2) is 3.90. The van der Waals surface area contributed by atoms with Gasteiger partial charge in [0, 0.05) is 0 Å². The highest BCUT2D eigenvalue weighted by molar-refractivity contribution is 7.86.